The van der Waals surface area contributed by atoms with Gasteiger partial charge in [-0.2, -0.15) is 0 Å². The van der Waals surface area contributed by atoms with E-state index in [1.165, 1.54) is 7.11 Å². The predicted molar refractivity (Wildman–Crippen MR) is 129 cm³/mol. The van der Waals surface area contributed by atoms with Crippen molar-refractivity contribution in [1.29, 1.82) is 0 Å². The molecular formula is C27H29N3O5. The van der Waals surface area contributed by atoms with Crippen molar-refractivity contribution in [2.45, 2.75) is 25.9 Å². The molecule has 1 amide bonds. The van der Waals surface area contributed by atoms with Gasteiger partial charge in [-0.25, -0.2) is 0 Å². The highest BCUT2D eigenvalue weighted by molar-refractivity contribution is 5.92. The number of aromatic nitrogens is 1. The number of amides is 1. The van der Waals surface area contributed by atoms with E-state index in [0.717, 1.165) is 54.9 Å². The van der Waals surface area contributed by atoms with Crippen LogP contribution < -0.4 is 4.74 Å². The molecule has 0 unspecified atom stereocenters. The van der Waals surface area contributed by atoms with Crippen LogP contribution in [0.1, 0.15) is 34.5 Å². The van der Waals surface area contributed by atoms with Crippen LogP contribution in [0.4, 0.5) is 0 Å². The van der Waals surface area contributed by atoms with Gasteiger partial charge in [0, 0.05) is 30.3 Å². The molecule has 0 atom stereocenters. The van der Waals surface area contributed by atoms with Crippen LogP contribution in [0, 0.1) is 5.92 Å². The minimum Gasteiger partial charge on any atom is -0.491 e. The molecule has 1 fully saturated rings. The van der Waals surface area contributed by atoms with E-state index in [0.29, 0.717) is 25.4 Å². The van der Waals surface area contributed by atoms with Gasteiger partial charge in [-0.05, 0) is 43.6 Å². The number of rotatable bonds is 5. The number of esters is 1. The second-order valence-electron chi connectivity index (χ2n) is 9.03. The van der Waals surface area contributed by atoms with Gasteiger partial charge in [-0.1, -0.05) is 41.6 Å². The quantitative estimate of drug-likeness (QED) is 0.520. The van der Waals surface area contributed by atoms with Crippen molar-refractivity contribution in [1.82, 2.24) is 15.0 Å². The lowest BCUT2D eigenvalue weighted by Crippen LogP contribution is -2.36. The summed E-state index contributed by atoms with van der Waals surface area (Å²) in [5, 5.41) is 4.08. The molecule has 35 heavy (non-hydrogen) atoms. The van der Waals surface area contributed by atoms with Crippen molar-refractivity contribution in [3.63, 3.8) is 0 Å². The number of benzene rings is 2. The van der Waals surface area contributed by atoms with Gasteiger partial charge in [0.1, 0.15) is 18.1 Å². The molecule has 0 aliphatic carbocycles. The SMILES string of the molecule is COC(=O)C1CCN(Cc2ccc3c(c2)CN(C(=O)c2cc(-c4ccccc4)no2)CCO3)CC1. The fourth-order valence-electron chi connectivity index (χ4n) is 4.75. The Morgan fingerprint density at radius 1 is 1.06 bits per heavy atom. The van der Waals surface area contributed by atoms with Crippen LogP contribution in [0.25, 0.3) is 11.3 Å². The number of carbonyl (C=O) groups is 2. The first-order valence-corrected chi connectivity index (χ1v) is 12.0. The summed E-state index contributed by atoms with van der Waals surface area (Å²) in [7, 11) is 1.45. The minimum absolute atomic E-state index is 0.00485. The van der Waals surface area contributed by atoms with Crippen LogP contribution in [-0.4, -0.2) is 60.2 Å². The van der Waals surface area contributed by atoms with Crippen molar-refractivity contribution >= 4 is 11.9 Å². The molecule has 2 aliphatic heterocycles. The van der Waals surface area contributed by atoms with Gasteiger partial charge in [0.25, 0.3) is 5.91 Å². The maximum atomic E-state index is 13.2. The van der Waals surface area contributed by atoms with E-state index in [-0.39, 0.29) is 23.6 Å². The molecule has 2 aromatic carbocycles. The second kappa shape index (κ2) is 10.3. The van der Waals surface area contributed by atoms with E-state index < -0.39 is 0 Å². The van der Waals surface area contributed by atoms with Gasteiger partial charge >= 0.3 is 5.97 Å². The number of carbonyl (C=O) groups excluding carboxylic acids is 2. The molecule has 0 saturated carbocycles. The lowest BCUT2D eigenvalue weighted by molar-refractivity contribution is -0.147. The number of ether oxygens (including phenoxy) is 2. The van der Waals surface area contributed by atoms with E-state index >= 15 is 0 Å². The summed E-state index contributed by atoms with van der Waals surface area (Å²) in [5.74, 6) is 0.702. The van der Waals surface area contributed by atoms with Gasteiger partial charge in [-0.3, -0.25) is 14.5 Å². The molecule has 5 rings (SSSR count). The maximum absolute atomic E-state index is 13.2. The van der Waals surface area contributed by atoms with Gasteiger partial charge in [-0.15, -0.1) is 0 Å². The van der Waals surface area contributed by atoms with Crippen LogP contribution in [-0.2, 0) is 22.6 Å². The maximum Gasteiger partial charge on any atom is 0.308 e. The Morgan fingerprint density at radius 3 is 2.63 bits per heavy atom. The zero-order chi connectivity index (χ0) is 24.2. The molecule has 3 heterocycles. The number of nitrogens with zero attached hydrogens (tertiary/aromatic N) is 3. The Hall–Kier alpha value is -3.65. The molecule has 8 nitrogen and oxygen atoms in total. The lowest BCUT2D eigenvalue weighted by atomic mass is 9.96. The standard InChI is InChI=1S/C27H29N3O5/c1-33-27(32)21-9-11-29(12-10-21)17-19-7-8-24-22(15-19)18-30(13-14-34-24)26(31)25-16-23(28-35-25)20-5-3-2-4-6-20/h2-8,15-16,21H,9-14,17-18H2,1H3. The van der Waals surface area contributed by atoms with Crippen LogP contribution in [0.5, 0.6) is 5.75 Å². The van der Waals surface area contributed by atoms with Crippen molar-refractivity contribution in [2.75, 3.05) is 33.4 Å². The van der Waals surface area contributed by atoms with Crippen molar-refractivity contribution < 1.29 is 23.6 Å². The van der Waals surface area contributed by atoms with E-state index in [1.54, 1.807) is 11.0 Å². The van der Waals surface area contributed by atoms with Crippen molar-refractivity contribution in [3.8, 4) is 17.0 Å². The fraction of sp³-hybridized carbons (Fsp3) is 0.370. The summed E-state index contributed by atoms with van der Waals surface area (Å²) in [6, 6.07) is 17.5. The number of hydrogen-bond acceptors (Lipinski definition) is 7. The molecule has 182 valence electrons. The summed E-state index contributed by atoms with van der Waals surface area (Å²) in [6.45, 7) is 3.82. The highest BCUT2D eigenvalue weighted by Crippen LogP contribution is 2.28. The van der Waals surface area contributed by atoms with E-state index in [4.69, 9.17) is 14.0 Å². The highest BCUT2D eigenvalue weighted by Gasteiger charge is 2.27. The number of methoxy groups -OCH3 is 1. The highest BCUT2D eigenvalue weighted by atomic mass is 16.5. The van der Waals surface area contributed by atoms with Gasteiger partial charge in [0.2, 0.25) is 5.76 Å². The second-order valence-corrected chi connectivity index (χ2v) is 9.03. The zero-order valence-corrected chi connectivity index (χ0v) is 19.8. The minimum atomic E-state index is -0.202. The summed E-state index contributed by atoms with van der Waals surface area (Å²) < 4.78 is 16.2. The third-order valence-corrected chi connectivity index (χ3v) is 6.71. The van der Waals surface area contributed by atoms with Gasteiger partial charge < -0.3 is 18.9 Å². The first-order valence-electron chi connectivity index (χ1n) is 12.0. The zero-order valence-electron chi connectivity index (χ0n) is 19.8. The Labute approximate surface area is 204 Å². The third kappa shape index (κ3) is 5.22. The molecule has 0 bridgehead atoms. The Balaban J connectivity index is 1.25. The van der Waals surface area contributed by atoms with E-state index in [1.807, 2.05) is 36.4 Å². The molecule has 0 radical (unpaired) electrons. The molecule has 2 aliphatic rings. The van der Waals surface area contributed by atoms with E-state index in [2.05, 4.69) is 22.2 Å². The summed E-state index contributed by atoms with van der Waals surface area (Å²) >= 11 is 0. The van der Waals surface area contributed by atoms with Crippen LogP contribution >= 0.6 is 0 Å². The number of fused-ring (bicyclic) bond motifs is 1. The predicted octanol–water partition coefficient (Wildman–Crippen LogP) is 3.76. The topological polar surface area (TPSA) is 85.1 Å². The normalized spacial score (nSPS) is 16.8. The molecule has 1 aromatic heterocycles. The smallest absolute Gasteiger partial charge is 0.308 e. The largest absolute Gasteiger partial charge is 0.491 e. The number of piperidine rings is 1. The lowest BCUT2D eigenvalue weighted by Gasteiger charge is -2.30. The average Bonchev–Trinajstić information content (AvgIpc) is 3.30. The number of likely N-dealkylation sites (tertiary alicyclic amines) is 1. The van der Waals surface area contributed by atoms with Crippen LogP contribution in [0.3, 0.4) is 0 Å². The fourth-order valence-corrected chi connectivity index (χ4v) is 4.75. The van der Waals surface area contributed by atoms with Crippen LogP contribution in [0.15, 0.2) is 59.1 Å². The van der Waals surface area contributed by atoms with E-state index in [9.17, 15) is 9.59 Å². The molecule has 3 aromatic rings. The third-order valence-electron chi connectivity index (χ3n) is 6.71. The molecule has 8 heteroatoms. The Kier molecular flexibility index (Phi) is 6.81. The molecule has 1 saturated heterocycles. The summed E-state index contributed by atoms with van der Waals surface area (Å²) in [6.07, 6.45) is 1.62. The van der Waals surface area contributed by atoms with Crippen LogP contribution in [0.2, 0.25) is 0 Å². The molecular weight excluding hydrogens is 446 g/mol. The first-order chi connectivity index (χ1) is 17.1. The molecule has 0 N–H and O–H groups in total. The van der Waals surface area contributed by atoms with Gasteiger partial charge in [0.05, 0.1) is 19.6 Å². The van der Waals surface area contributed by atoms with Gasteiger partial charge in [0.15, 0.2) is 0 Å². The first kappa shape index (κ1) is 23.1. The Morgan fingerprint density at radius 2 is 1.86 bits per heavy atom. The summed E-state index contributed by atoms with van der Waals surface area (Å²) in [5.41, 5.74) is 3.67. The Bertz CT molecular complexity index is 1180. The molecule has 0 spiro atoms. The summed E-state index contributed by atoms with van der Waals surface area (Å²) in [4.78, 5) is 29.1. The monoisotopic (exact) mass is 475 g/mol. The number of hydrogen-bond donors (Lipinski definition) is 0. The average molecular weight is 476 g/mol. The van der Waals surface area contributed by atoms with Crippen molar-refractivity contribution in [2.24, 2.45) is 5.92 Å². The van der Waals surface area contributed by atoms with Crippen molar-refractivity contribution in [3.05, 3.63) is 71.5 Å².